The second-order valence-electron chi connectivity index (χ2n) is 7.70. The summed E-state index contributed by atoms with van der Waals surface area (Å²) in [6.45, 7) is 4.98. The minimum Gasteiger partial charge on any atom is -0.472 e. The smallest absolute Gasteiger partial charge is 0.293 e. The molecule has 0 aromatic carbocycles. The summed E-state index contributed by atoms with van der Waals surface area (Å²) in [6, 6.07) is 0. The summed E-state index contributed by atoms with van der Waals surface area (Å²) < 4.78 is 5.14. The van der Waals surface area contributed by atoms with Crippen molar-refractivity contribution >= 4 is 17.2 Å². The lowest BCUT2D eigenvalue weighted by molar-refractivity contribution is -0.139. The van der Waals surface area contributed by atoms with Crippen LogP contribution in [0.2, 0.25) is 0 Å². The lowest BCUT2D eigenvalue weighted by atomic mass is 9.73. The molecule has 1 saturated carbocycles. The molecule has 4 rings (SSSR count). The number of carbonyl (C=O) groups excluding carboxylic acids is 1. The van der Waals surface area contributed by atoms with Crippen LogP contribution in [0, 0.1) is 11.3 Å². The highest BCUT2D eigenvalue weighted by Crippen LogP contribution is 2.41. The first kappa shape index (κ1) is 16.3. The highest BCUT2D eigenvalue weighted by Gasteiger charge is 2.42. The van der Waals surface area contributed by atoms with Gasteiger partial charge in [0.15, 0.2) is 0 Å². The second kappa shape index (κ2) is 6.59. The Hall–Kier alpha value is -1.21. The normalized spacial score (nSPS) is 28.5. The second-order valence-corrected chi connectivity index (χ2v) is 8.72. The topological polar surface area (TPSA) is 58.6 Å². The molecule has 0 radical (unpaired) electrons. The molecule has 3 fully saturated rings. The molecule has 1 aliphatic carbocycles. The number of aromatic nitrogens is 2. The number of nitrogens with zero attached hydrogens (tertiary/aromatic N) is 4. The number of piperidine rings is 2. The maximum absolute atomic E-state index is 12.3. The number of ether oxygens (including phenoxy) is 1. The number of likely N-dealkylation sites (tertiary alicyclic amines) is 2. The predicted octanol–water partition coefficient (Wildman–Crippen LogP) is 2.16. The average molecular weight is 350 g/mol. The van der Waals surface area contributed by atoms with Gasteiger partial charge in [-0.3, -0.25) is 9.69 Å². The van der Waals surface area contributed by atoms with Crippen molar-refractivity contribution in [3.63, 3.8) is 0 Å². The number of amides is 1. The molecule has 7 heteroatoms. The van der Waals surface area contributed by atoms with Crippen LogP contribution in [0.4, 0.5) is 0 Å². The van der Waals surface area contributed by atoms with Crippen molar-refractivity contribution in [1.82, 2.24) is 20.0 Å². The maximum atomic E-state index is 12.3. The molecular formula is C17H26N4O2S. The van der Waals surface area contributed by atoms with Crippen molar-refractivity contribution in [3.05, 3.63) is 5.01 Å². The van der Waals surface area contributed by atoms with Crippen LogP contribution in [0.15, 0.2) is 0 Å². The Morgan fingerprint density at radius 1 is 1.29 bits per heavy atom. The van der Waals surface area contributed by atoms with Crippen molar-refractivity contribution in [3.8, 4) is 5.19 Å². The Labute approximate surface area is 147 Å². The fourth-order valence-corrected chi connectivity index (χ4v) is 4.93. The molecule has 0 unspecified atom stereocenters. The molecule has 1 aromatic heterocycles. The Morgan fingerprint density at radius 3 is 2.92 bits per heavy atom. The SMILES string of the molecule is COc1nnc(CN2CCC[C@]3(CCC(=O)N(CC4CC4)C3)C2)s1. The quantitative estimate of drug-likeness (QED) is 0.814. The van der Waals surface area contributed by atoms with Crippen LogP contribution in [0.25, 0.3) is 0 Å². The zero-order valence-corrected chi connectivity index (χ0v) is 15.2. The van der Waals surface area contributed by atoms with Crippen molar-refractivity contribution < 1.29 is 9.53 Å². The zero-order valence-electron chi connectivity index (χ0n) is 14.4. The average Bonchev–Trinajstić information content (AvgIpc) is 3.28. The van der Waals surface area contributed by atoms with E-state index in [1.807, 2.05) is 0 Å². The highest BCUT2D eigenvalue weighted by molar-refractivity contribution is 7.13. The highest BCUT2D eigenvalue weighted by atomic mass is 32.1. The molecule has 1 amide bonds. The van der Waals surface area contributed by atoms with Gasteiger partial charge in [-0.1, -0.05) is 11.3 Å². The van der Waals surface area contributed by atoms with Gasteiger partial charge in [0, 0.05) is 31.5 Å². The molecule has 0 N–H and O–H groups in total. The minimum absolute atomic E-state index is 0.288. The van der Waals surface area contributed by atoms with Crippen molar-refractivity contribution in [1.29, 1.82) is 0 Å². The predicted molar refractivity (Wildman–Crippen MR) is 91.9 cm³/mol. The first-order chi connectivity index (χ1) is 11.7. The minimum atomic E-state index is 0.288. The van der Waals surface area contributed by atoms with E-state index in [1.165, 1.54) is 37.0 Å². The van der Waals surface area contributed by atoms with Crippen LogP contribution in [-0.2, 0) is 11.3 Å². The molecule has 1 aromatic rings. The Kier molecular flexibility index (Phi) is 4.47. The molecule has 3 heterocycles. The third-order valence-corrected chi connectivity index (χ3v) is 6.52. The van der Waals surface area contributed by atoms with Crippen LogP contribution in [0.1, 0.15) is 43.5 Å². The summed E-state index contributed by atoms with van der Waals surface area (Å²) in [7, 11) is 1.63. The monoisotopic (exact) mass is 350 g/mol. The van der Waals surface area contributed by atoms with Gasteiger partial charge in [-0.15, -0.1) is 10.2 Å². The summed E-state index contributed by atoms with van der Waals surface area (Å²) in [5.74, 6) is 1.15. The molecule has 3 aliphatic rings. The van der Waals surface area contributed by atoms with Gasteiger partial charge < -0.3 is 9.64 Å². The lowest BCUT2D eigenvalue weighted by Crippen LogP contribution is -2.54. The summed E-state index contributed by atoms with van der Waals surface area (Å²) in [5.41, 5.74) is 0.288. The van der Waals surface area contributed by atoms with Gasteiger partial charge in [0.1, 0.15) is 5.01 Å². The standard InChI is InChI=1S/C17H26N4O2S/c1-23-16-19-18-14(24-16)10-20-8-2-6-17(11-20)7-5-15(22)21(12-17)9-13-3-4-13/h13H,2-12H2,1H3/t17-/m0/s1. The number of rotatable bonds is 5. The van der Waals surface area contributed by atoms with Crippen LogP contribution >= 0.6 is 11.3 Å². The summed E-state index contributed by atoms with van der Waals surface area (Å²) in [6.07, 6.45) is 6.85. The number of hydrogen-bond acceptors (Lipinski definition) is 6. The molecule has 2 aliphatic heterocycles. The molecule has 2 saturated heterocycles. The van der Waals surface area contributed by atoms with E-state index in [-0.39, 0.29) is 5.41 Å². The number of hydrogen-bond donors (Lipinski definition) is 0. The molecule has 132 valence electrons. The first-order valence-corrected chi connectivity index (χ1v) is 9.84. The van der Waals surface area contributed by atoms with Crippen LogP contribution < -0.4 is 4.74 Å². The third kappa shape index (κ3) is 3.57. The Morgan fingerprint density at radius 2 is 2.17 bits per heavy atom. The molecule has 6 nitrogen and oxygen atoms in total. The summed E-state index contributed by atoms with van der Waals surface area (Å²) in [5, 5.41) is 9.91. The van der Waals surface area contributed by atoms with Gasteiger partial charge in [0.2, 0.25) is 5.91 Å². The number of methoxy groups -OCH3 is 1. The Bertz CT molecular complexity index is 603. The summed E-state index contributed by atoms with van der Waals surface area (Å²) in [4.78, 5) is 16.9. The fraction of sp³-hybridized carbons (Fsp3) is 0.824. The molecule has 24 heavy (non-hydrogen) atoms. The lowest BCUT2D eigenvalue weighted by Gasteiger charge is -2.48. The molecule has 1 atom stereocenters. The fourth-order valence-electron chi connectivity index (χ4n) is 4.23. The molecule has 1 spiro atoms. The largest absolute Gasteiger partial charge is 0.472 e. The van der Waals surface area contributed by atoms with Crippen LogP contribution in [0.5, 0.6) is 5.19 Å². The summed E-state index contributed by atoms with van der Waals surface area (Å²) >= 11 is 1.53. The van der Waals surface area contributed by atoms with E-state index in [2.05, 4.69) is 20.0 Å². The zero-order chi connectivity index (χ0) is 16.6. The van der Waals surface area contributed by atoms with E-state index >= 15 is 0 Å². The molecule has 0 bridgehead atoms. The molecular weight excluding hydrogens is 324 g/mol. The van der Waals surface area contributed by atoms with Crippen LogP contribution in [0.3, 0.4) is 0 Å². The maximum Gasteiger partial charge on any atom is 0.293 e. The van der Waals surface area contributed by atoms with E-state index in [1.54, 1.807) is 7.11 Å². The van der Waals surface area contributed by atoms with Gasteiger partial charge in [0.25, 0.3) is 5.19 Å². The first-order valence-electron chi connectivity index (χ1n) is 9.02. The van der Waals surface area contributed by atoms with E-state index < -0.39 is 0 Å². The van der Waals surface area contributed by atoms with Crippen molar-refractivity contribution in [2.45, 2.75) is 45.1 Å². The number of carbonyl (C=O) groups is 1. The van der Waals surface area contributed by atoms with E-state index in [0.29, 0.717) is 11.1 Å². The van der Waals surface area contributed by atoms with Crippen LogP contribution in [-0.4, -0.2) is 59.2 Å². The van der Waals surface area contributed by atoms with Crippen molar-refractivity contribution in [2.24, 2.45) is 11.3 Å². The van der Waals surface area contributed by atoms with E-state index in [0.717, 1.165) is 56.5 Å². The van der Waals surface area contributed by atoms with Gasteiger partial charge in [0.05, 0.1) is 13.7 Å². The third-order valence-electron chi connectivity index (χ3n) is 5.65. The van der Waals surface area contributed by atoms with Gasteiger partial charge in [-0.25, -0.2) is 0 Å². The van der Waals surface area contributed by atoms with E-state index in [9.17, 15) is 4.79 Å². The Balaban J connectivity index is 1.40. The van der Waals surface area contributed by atoms with Gasteiger partial charge >= 0.3 is 0 Å². The van der Waals surface area contributed by atoms with Gasteiger partial charge in [-0.05, 0) is 44.6 Å². The van der Waals surface area contributed by atoms with E-state index in [4.69, 9.17) is 4.74 Å². The van der Waals surface area contributed by atoms with Gasteiger partial charge in [-0.2, -0.15) is 0 Å². The van der Waals surface area contributed by atoms with Crippen molar-refractivity contribution in [2.75, 3.05) is 33.3 Å².